The van der Waals surface area contributed by atoms with E-state index in [1.165, 1.54) is 23.3 Å². The summed E-state index contributed by atoms with van der Waals surface area (Å²) < 4.78 is 30.0. The van der Waals surface area contributed by atoms with Gasteiger partial charge < -0.3 is 4.57 Å². The number of carbonyl (C=O) groups excluding carboxylic acids is 1. The van der Waals surface area contributed by atoms with Gasteiger partial charge in [-0.2, -0.15) is 0 Å². The largest absolute Gasteiger partial charge is 0.334 e. The number of nitrogens with zero attached hydrogens (tertiary/aromatic N) is 2. The van der Waals surface area contributed by atoms with Crippen molar-refractivity contribution >= 4 is 11.4 Å². The Bertz CT molecular complexity index is 1480. The van der Waals surface area contributed by atoms with E-state index < -0.39 is 11.6 Å². The second-order valence-corrected chi connectivity index (χ2v) is 10.1. The number of aromatic nitrogens is 2. The van der Waals surface area contributed by atoms with E-state index >= 15 is 0 Å². The molecule has 1 aromatic heterocycles. The van der Waals surface area contributed by atoms with Crippen LogP contribution in [0.4, 0.5) is 8.78 Å². The first kappa shape index (κ1) is 24.8. The highest BCUT2D eigenvalue weighted by Crippen LogP contribution is 2.36. The molecule has 0 saturated carbocycles. The SMILES string of the molecule is Cc1ccc(-c2c(C(CC(=O)CC3=CCc4ccc(C)cc43)Cc3cc(F)cc(F)c3)ncn2C)cc1. The lowest BCUT2D eigenvalue weighted by Crippen LogP contribution is -2.13. The van der Waals surface area contributed by atoms with Gasteiger partial charge in [0.05, 0.1) is 17.7 Å². The lowest BCUT2D eigenvalue weighted by molar-refractivity contribution is -0.118. The van der Waals surface area contributed by atoms with Crippen LogP contribution < -0.4 is 0 Å². The van der Waals surface area contributed by atoms with Crippen molar-refractivity contribution in [3.05, 3.63) is 118 Å². The number of carbonyl (C=O) groups is 1. The molecule has 5 rings (SSSR count). The molecule has 37 heavy (non-hydrogen) atoms. The quantitative estimate of drug-likeness (QED) is 0.257. The van der Waals surface area contributed by atoms with Gasteiger partial charge in [0.25, 0.3) is 0 Å². The van der Waals surface area contributed by atoms with E-state index in [1.54, 1.807) is 6.33 Å². The summed E-state index contributed by atoms with van der Waals surface area (Å²) in [7, 11) is 1.93. The molecule has 1 atom stereocenters. The van der Waals surface area contributed by atoms with Gasteiger partial charge in [-0.25, -0.2) is 13.8 Å². The first-order valence-electron chi connectivity index (χ1n) is 12.6. The number of imidazole rings is 1. The molecular weight excluding hydrogens is 466 g/mol. The van der Waals surface area contributed by atoms with E-state index in [9.17, 15) is 13.6 Å². The van der Waals surface area contributed by atoms with Gasteiger partial charge in [0.15, 0.2) is 0 Å². The Kier molecular flexibility index (Phi) is 6.88. The maximum atomic E-state index is 14.0. The summed E-state index contributed by atoms with van der Waals surface area (Å²) >= 11 is 0. The van der Waals surface area contributed by atoms with Crippen molar-refractivity contribution < 1.29 is 13.6 Å². The van der Waals surface area contributed by atoms with Gasteiger partial charge in [0.1, 0.15) is 17.4 Å². The Morgan fingerprint density at radius 1 is 0.973 bits per heavy atom. The maximum absolute atomic E-state index is 14.0. The third-order valence-electron chi connectivity index (χ3n) is 7.12. The molecule has 4 aromatic rings. The lowest BCUT2D eigenvalue weighted by Gasteiger charge is -2.18. The third-order valence-corrected chi connectivity index (χ3v) is 7.12. The molecule has 0 saturated heterocycles. The number of Topliss-reactive ketones (excluding diaryl/α,β-unsaturated/α-hetero) is 1. The maximum Gasteiger partial charge on any atom is 0.137 e. The molecule has 3 nitrogen and oxygen atoms in total. The molecule has 0 N–H and O–H groups in total. The summed E-state index contributed by atoms with van der Waals surface area (Å²) in [4.78, 5) is 18.2. The van der Waals surface area contributed by atoms with Crippen molar-refractivity contribution in [2.75, 3.05) is 0 Å². The zero-order chi connectivity index (χ0) is 26.1. The number of fused-ring (bicyclic) bond motifs is 1. The second kappa shape index (κ2) is 10.3. The molecular formula is C32H30F2N2O. The Morgan fingerprint density at radius 2 is 1.68 bits per heavy atom. The Hall–Kier alpha value is -3.86. The Morgan fingerprint density at radius 3 is 2.41 bits per heavy atom. The Labute approximate surface area is 216 Å². The van der Waals surface area contributed by atoms with E-state index in [0.717, 1.165) is 46.1 Å². The van der Waals surface area contributed by atoms with Crippen molar-refractivity contribution in [1.82, 2.24) is 9.55 Å². The lowest BCUT2D eigenvalue weighted by atomic mass is 9.87. The van der Waals surface area contributed by atoms with Gasteiger partial charge in [0.2, 0.25) is 0 Å². The Balaban J connectivity index is 1.47. The minimum atomic E-state index is -0.622. The fourth-order valence-electron chi connectivity index (χ4n) is 5.33. The molecule has 0 spiro atoms. The molecule has 0 fully saturated rings. The average Bonchev–Trinajstić information content (AvgIpc) is 3.41. The van der Waals surface area contributed by atoms with Crippen LogP contribution in [0, 0.1) is 25.5 Å². The van der Waals surface area contributed by atoms with Gasteiger partial charge in [-0.05, 0) is 61.1 Å². The fourth-order valence-corrected chi connectivity index (χ4v) is 5.33. The molecule has 0 bridgehead atoms. The number of hydrogen-bond donors (Lipinski definition) is 0. The standard InChI is InChI=1S/C32H30F2N2O/c1-20-4-8-24(9-5-20)32-31(35-19-36(32)3)26(13-22-14-27(33)18-28(34)15-22)17-29(37)16-25-11-10-23-7-6-21(2)12-30(23)25/h4-9,11-12,14-15,18-19,26H,10,13,16-17H2,1-3H3. The predicted molar refractivity (Wildman–Crippen MR) is 143 cm³/mol. The molecule has 1 unspecified atom stereocenters. The molecule has 1 aliphatic rings. The van der Waals surface area contributed by atoms with Crippen LogP contribution in [0.15, 0.2) is 73.1 Å². The van der Waals surface area contributed by atoms with Crippen LogP contribution >= 0.6 is 0 Å². The van der Waals surface area contributed by atoms with Gasteiger partial charge >= 0.3 is 0 Å². The van der Waals surface area contributed by atoms with Crippen molar-refractivity contribution in [3.8, 4) is 11.3 Å². The molecule has 188 valence electrons. The van der Waals surface area contributed by atoms with Crippen LogP contribution in [0.2, 0.25) is 0 Å². The first-order chi connectivity index (χ1) is 17.8. The van der Waals surface area contributed by atoms with E-state index in [0.29, 0.717) is 18.4 Å². The highest BCUT2D eigenvalue weighted by Gasteiger charge is 2.26. The first-order valence-corrected chi connectivity index (χ1v) is 12.6. The smallest absolute Gasteiger partial charge is 0.137 e. The van der Waals surface area contributed by atoms with Gasteiger partial charge in [-0.1, -0.05) is 59.7 Å². The van der Waals surface area contributed by atoms with Crippen molar-refractivity contribution in [1.29, 1.82) is 0 Å². The molecule has 1 heterocycles. The molecule has 0 radical (unpaired) electrons. The van der Waals surface area contributed by atoms with Gasteiger partial charge in [-0.3, -0.25) is 4.79 Å². The summed E-state index contributed by atoms with van der Waals surface area (Å²) in [6, 6.07) is 18.1. The molecule has 1 aliphatic carbocycles. The number of ketones is 1. The van der Waals surface area contributed by atoms with Crippen LogP contribution in [0.25, 0.3) is 16.8 Å². The van der Waals surface area contributed by atoms with Gasteiger partial charge in [0, 0.05) is 37.4 Å². The minimum absolute atomic E-state index is 0.0861. The summed E-state index contributed by atoms with van der Waals surface area (Å²) in [5, 5.41) is 0. The highest BCUT2D eigenvalue weighted by atomic mass is 19.1. The van der Waals surface area contributed by atoms with E-state index in [1.807, 2.05) is 42.8 Å². The van der Waals surface area contributed by atoms with E-state index in [-0.39, 0.29) is 18.1 Å². The zero-order valence-electron chi connectivity index (χ0n) is 21.4. The van der Waals surface area contributed by atoms with E-state index in [2.05, 4.69) is 31.2 Å². The monoisotopic (exact) mass is 496 g/mol. The van der Waals surface area contributed by atoms with Crippen LogP contribution in [-0.2, 0) is 24.7 Å². The van der Waals surface area contributed by atoms with E-state index in [4.69, 9.17) is 4.98 Å². The normalized spacial score (nSPS) is 13.4. The summed E-state index contributed by atoms with van der Waals surface area (Å²) in [6.45, 7) is 4.09. The number of benzene rings is 3. The van der Waals surface area contributed by atoms with Crippen molar-refractivity contribution in [3.63, 3.8) is 0 Å². The number of hydrogen-bond acceptors (Lipinski definition) is 2. The minimum Gasteiger partial charge on any atom is -0.334 e. The van der Waals surface area contributed by atoms with Crippen molar-refractivity contribution in [2.45, 2.75) is 45.4 Å². The molecule has 0 aliphatic heterocycles. The number of rotatable bonds is 8. The summed E-state index contributed by atoms with van der Waals surface area (Å²) in [6.07, 6.45) is 5.58. The zero-order valence-corrected chi connectivity index (χ0v) is 21.4. The second-order valence-electron chi connectivity index (χ2n) is 10.1. The average molecular weight is 497 g/mol. The topological polar surface area (TPSA) is 34.9 Å². The predicted octanol–water partition coefficient (Wildman–Crippen LogP) is 7.30. The molecule has 3 aromatic carbocycles. The van der Waals surface area contributed by atoms with Crippen molar-refractivity contribution in [2.24, 2.45) is 7.05 Å². The molecule has 5 heteroatoms. The molecule has 0 amide bonds. The van der Waals surface area contributed by atoms with Gasteiger partial charge in [-0.15, -0.1) is 0 Å². The summed E-state index contributed by atoms with van der Waals surface area (Å²) in [5.41, 5.74) is 8.94. The van der Waals surface area contributed by atoms with Crippen LogP contribution in [0.5, 0.6) is 0 Å². The number of allylic oxidation sites excluding steroid dienone is 2. The summed E-state index contributed by atoms with van der Waals surface area (Å²) in [5.74, 6) is -1.49. The number of aryl methyl sites for hydroxylation is 3. The third kappa shape index (κ3) is 5.46. The fraction of sp³-hybridized carbons (Fsp3) is 0.250. The van der Waals surface area contributed by atoms with Crippen LogP contribution in [-0.4, -0.2) is 15.3 Å². The number of halogens is 2. The van der Waals surface area contributed by atoms with Crippen LogP contribution in [0.1, 0.15) is 52.3 Å². The highest BCUT2D eigenvalue weighted by molar-refractivity contribution is 5.92. The van der Waals surface area contributed by atoms with Crippen LogP contribution in [0.3, 0.4) is 0 Å².